The van der Waals surface area contributed by atoms with Gasteiger partial charge in [-0.05, 0) is 49.7 Å². The van der Waals surface area contributed by atoms with Gasteiger partial charge in [0, 0.05) is 29.6 Å². The fourth-order valence-electron chi connectivity index (χ4n) is 2.77. The first-order valence-corrected chi connectivity index (χ1v) is 8.74. The van der Waals surface area contributed by atoms with Crippen molar-refractivity contribution in [2.75, 3.05) is 12.4 Å². The topological polar surface area (TPSA) is 50.2 Å². The number of urea groups is 1. The van der Waals surface area contributed by atoms with E-state index >= 15 is 0 Å². The quantitative estimate of drug-likeness (QED) is 0.699. The Bertz CT molecular complexity index is 921. The predicted molar refractivity (Wildman–Crippen MR) is 105 cm³/mol. The summed E-state index contributed by atoms with van der Waals surface area (Å²) in [5.74, 6) is 0. The Kier molecular flexibility index (Phi) is 5.28. The van der Waals surface area contributed by atoms with Crippen molar-refractivity contribution >= 4 is 23.3 Å². The number of aromatic nitrogens is 2. The highest BCUT2D eigenvalue weighted by Crippen LogP contribution is 2.26. The van der Waals surface area contributed by atoms with Gasteiger partial charge in [-0.15, -0.1) is 0 Å². The molecule has 0 radical (unpaired) electrons. The van der Waals surface area contributed by atoms with Crippen LogP contribution in [-0.4, -0.2) is 27.8 Å². The molecule has 134 valence electrons. The van der Waals surface area contributed by atoms with Crippen LogP contribution in [0.1, 0.15) is 24.2 Å². The molecule has 1 N–H and O–H groups in total. The van der Waals surface area contributed by atoms with E-state index < -0.39 is 0 Å². The lowest BCUT2D eigenvalue weighted by Crippen LogP contribution is -2.33. The van der Waals surface area contributed by atoms with Crippen LogP contribution in [0.5, 0.6) is 0 Å². The lowest BCUT2D eigenvalue weighted by atomic mass is 10.1. The second kappa shape index (κ2) is 7.62. The van der Waals surface area contributed by atoms with E-state index in [9.17, 15) is 4.79 Å². The third kappa shape index (κ3) is 3.73. The van der Waals surface area contributed by atoms with Gasteiger partial charge in [0.15, 0.2) is 0 Å². The van der Waals surface area contributed by atoms with Crippen molar-refractivity contribution in [3.63, 3.8) is 0 Å². The number of nitrogens with zero attached hydrogens (tertiary/aromatic N) is 3. The monoisotopic (exact) mass is 368 g/mol. The number of rotatable bonds is 4. The number of benzene rings is 2. The number of carbonyl (C=O) groups is 1. The van der Waals surface area contributed by atoms with Crippen LogP contribution in [-0.2, 0) is 0 Å². The van der Waals surface area contributed by atoms with Crippen LogP contribution in [0, 0.1) is 6.92 Å². The number of hydrogen-bond acceptors (Lipinski definition) is 2. The molecule has 1 heterocycles. The average molecular weight is 369 g/mol. The number of anilines is 1. The maximum absolute atomic E-state index is 12.7. The van der Waals surface area contributed by atoms with Crippen molar-refractivity contribution in [1.29, 1.82) is 0 Å². The maximum Gasteiger partial charge on any atom is 0.322 e. The van der Waals surface area contributed by atoms with Crippen molar-refractivity contribution in [3.8, 4) is 5.69 Å². The highest BCUT2D eigenvalue weighted by atomic mass is 35.5. The van der Waals surface area contributed by atoms with Crippen molar-refractivity contribution in [3.05, 3.63) is 77.1 Å². The lowest BCUT2D eigenvalue weighted by molar-refractivity contribution is 0.208. The summed E-state index contributed by atoms with van der Waals surface area (Å²) in [6.07, 6.45) is 1.75. The molecule has 2 amide bonds. The van der Waals surface area contributed by atoms with Crippen molar-refractivity contribution in [1.82, 2.24) is 14.7 Å². The Labute approximate surface area is 158 Å². The van der Waals surface area contributed by atoms with E-state index in [1.807, 2.05) is 73.1 Å². The molecule has 3 rings (SSSR count). The van der Waals surface area contributed by atoms with E-state index in [1.165, 1.54) is 0 Å². The molecule has 6 heteroatoms. The standard InChI is InChI=1S/C20H21ClN4O/c1-14-11-12-22-25(14)17-8-6-7-16(13-17)23-20(26)24(3)15(2)18-9-4-5-10-19(18)21/h4-13,15H,1-3H3,(H,23,26). The summed E-state index contributed by atoms with van der Waals surface area (Å²) in [7, 11) is 1.75. The number of aryl methyl sites for hydroxylation is 1. The summed E-state index contributed by atoms with van der Waals surface area (Å²) in [5, 5.41) is 7.88. The van der Waals surface area contributed by atoms with E-state index in [0.717, 1.165) is 16.9 Å². The Morgan fingerprint density at radius 2 is 1.96 bits per heavy atom. The van der Waals surface area contributed by atoms with Gasteiger partial charge in [0.1, 0.15) is 0 Å². The largest absolute Gasteiger partial charge is 0.322 e. The summed E-state index contributed by atoms with van der Waals surface area (Å²) in [5.41, 5.74) is 3.54. The molecule has 0 bridgehead atoms. The molecule has 1 unspecified atom stereocenters. The molecule has 0 spiro atoms. The minimum absolute atomic E-state index is 0.153. The molecule has 1 aromatic heterocycles. The zero-order chi connectivity index (χ0) is 18.7. The van der Waals surface area contributed by atoms with Crippen molar-refractivity contribution in [2.45, 2.75) is 19.9 Å². The molecule has 26 heavy (non-hydrogen) atoms. The number of halogens is 1. The van der Waals surface area contributed by atoms with Crippen LogP contribution in [0.15, 0.2) is 60.8 Å². The van der Waals surface area contributed by atoms with Gasteiger partial charge in [-0.1, -0.05) is 35.9 Å². The van der Waals surface area contributed by atoms with E-state index in [0.29, 0.717) is 10.7 Å². The number of carbonyl (C=O) groups excluding carboxylic acids is 1. The van der Waals surface area contributed by atoms with Gasteiger partial charge < -0.3 is 10.2 Å². The molecule has 0 aliphatic carbocycles. The molecule has 0 saturated carbocycles. The molecular weight excluding hydrogens is 348 g/mol. The fraction of sp³-hybridized carbons (Fsp3) is 0.200. The lowest BCUT2D eigenvalue weighted by Gasteiger charge is -2.26. The Morgan fingerprint density at radius 1 is 1.19 bits per heavy atom. The number of hydrogen-bond donors (Lipinski definition) is 1. The summed E-state index contributed by atoms with van der Waals surface area (Å²) >= 11 is 6.25. The van der Waals surface area contributed by atoms with Gasteiger partial charge in [-0.25, -0.2) is 9.48 Å². The molecular formula is C20H21ClN4O. The van der Waals surface area contributed by atoms with Gasteiger partial charge in [-0.3, -0.25) is 0 Å². The smallest absolute Gasteiger partial charge is 0.321 e. The Morgan fingerprint density at radius 3 is 2.65 bits per heavy atom. The van der Waals surface area contributed by atoms with Crippen LogP contribution >= 0.6 is 11.6 Å². The molecule has 2 aromatic carbocycles. The van der Waals surface area contributed by atoms with E-state index in [1.54, 1.807) is 18.1 Å². The SMILES string of the molecule is Cc1ccnn1-c1cccc(NC(=O)N(C)C(C)c2ccccc2Cl)c1. The zero-order valence-electron chi connectivity index (χ0n) is 15.0. The van der Waals surface area contributed by atoms with Gasteiger partial charge in [0.05, 0.1) is 11.7 Å². The van der Waals surface area contributed by atoms with Gasteiger partial charge in [-0.2, -0.15) is 5.10 Å². The first-order chi connectivity index (χ1) is 12.5. The third-order valence-corrected chi connectivity index (χ3v) is 4.77. The summed E-state index contributed by atoms with van der Waals surface area (Å²) in [4.78, 5) is 14.3. The Balaban J connectivity index is 1.76. The Hall–Kier alpha value is -2.79. The molecule has 0 saturated heterocycles. The van der Waals surface area contributed by atoms with E-state index in [4.69, 9.17) is 11.6 Å². The van der Waals surface area contributed by atoms with Crippen LogP contribution in [0.4, 0.5) is 10.5 Å². The van der Waals surface area contributed by atoms with E-state index in [2.05, 4.69) is 10.4 Å². The maximum atomic E-state index is 12.7. The summed E-state index contributed by atoms with van der Waals surface area (Å²) in [6.45, 7) is 3.93. The molecule has 0 aliphatic heterocycles. The highest BCUT2D eigenvalue weighted by molar-refractivity contribution is 6.31. The summed E-state index contributed by atoms with van der Waals surface area (Å²) < 4.78 is 1.83. The predicted octanol–water partition coefficient (Wildman–Crippen LogP) is 5.06. The fourth-order valence-corrected chi connectivity index (χ4v) is 3.06. The normalized spacial score (nSPS) is 11.8. The molecule has 0 fully saturated rings. The van der Waals surface area contributed by atoms with Crippen molar-refractivity contribution in [2.24, 2.45) is 0 Å². The minimum Gasteiger partial charge on any atom is -0.321 e. The van der Waals surface area contributed by atoms with Crippen LogP contribution in [0.2, 0.25) is 5.02 Å². The molecule has 5 nitrogen and oxygen atoms in total. The molecule has 0 aliphatic rings. The minimum atomic E-state index is -0.202. The molecule has 1 atom stereocenters. The second-order valence-corrected chi connectivity index (χ2v) is 6.58. The molecule has 3 aromatic rings. The highest BCUT2D eigenvalue weighted by Gasteiger charge is 2.19. The summed E-state index contributed by atoms with van der Waals surface area (Å²) in [6, 6.07) is 16.7. The first kappa shape index (κ1) is 18.0. The van der Waals surface area contributed by atoms with Gasteiger partial charge in [0.25, 0.3) is 0 Å². The van der Waals surface area contributed by atoms with Gasteiger partial charge in [0.2, 0.25) is 0 Å². The third-order valence-electron chi connectivity index (χ3n) is 4.43. The van der Waals surface area contributed by atoms with Crippen LogP contribution in [0.3, 0.4) is 0 Å². The number of nitrogens with one attached hydrogen (secondary N) is 1. The second-order valence-electron chi connectivity index (χ2n) is 6.17. The van der Waals surface area contributed by atoms with E-state index in [-0.39, 0.29) is 12.1 Å². The van der Waals surface area contributed by atoms with Crippen LogP contribution < -0.4 is 5.32 Å². The zero-order valence-corrected chi connectivity index (χ0v) is 15.7. The average Bonchev–Trinajstić information content (AvgIpc) is 3.07. The van der Waals surface area contributed by atoms with Gasteiger partial charge >= 0.3 is 6.03 Å². The van der Waals surface area contributed by atoms with Crippen molar-refractivity contribution < 1.29 is 4.79 Å². The number of amides is 2. The first-order valence-electron chi connectivity index (χ1n) is 8.36. The van der Waals surface area contributed by atoms with Crippen LogP contribution in [0.25, 0.3) is 5.69 Å².